The monoisotopic (exact) mass is 468 g/mol. The molecule has 0 saturated carbocycles. The summed E-state index contributed by atoms with van der Waals surface area (Å²) in [6.07, 6.45) is 3.83. The average molecular weight is 469 g/mol. The molecule has 1 fully saturated rings. The number of fused-ring (bicyclic) bond motifs is 1. The van der Waals surface area contributed by atoms with E-state index in [4.69, 9.17) is 13.9 Å². The van der Waals surface area contributed by atoms with Crippen LogP contribution in [-0.4, -0.2) is 72.5 Å². The normalized spacial score (nSPS) is 20.5. The molecule has 0 bridgehead atoms. The third kappa shape index (κ3) is 4.49. The molecular formula is C20H25ClN4O5S. The molecule has 168 valence electrons. The molecule has 1 aromatic carbocycles. The Hall–Kier alpha value is -2.72. The van der Waals surface area contributed by atoms with Crippen LogP contribution in [-0.2, 0) is 9.73 Å². The van der Waals surface area contributed by atoms with Crippen molar-refractivity contribution in [3.05, 3.63) is 36.3 Å². The van der Waals surface area contributed by atoms with Crippen LogP contribution in [0, 0.1) is 0 Å². The van der Waals surface area contributed by atoms with Gasteiger partial charge >= 0.3 is 0 Å². The number of hydrogen-bond acceptors (Lipinski definition) is 8. The minimum Gasteiger partial charge on any atom is -0.493 e. The Balaban J connectivity index is 0.00000272. The number of furan rings is 1. The predicted octanol–water partition coefficient (Wildman–Crippen LogP) is 3.02. The van der Waals surface area contributed by atoms with E-state index in [-0.39, 0.29) is 18.3 Å². The number of amides is 1. The number of rotatable bonds is 3. The molecule has 0 aliphatic carbocycles. The van der Waals surface area contributed by atoms with Crippen molar-refractivity contribution < 1.29 is 22.9 Å². The van der Waals surface area contributed by atoms with Crippen molar-refractivity contribution in [3.8, 4) is 11.5 Å². The zero-order chi connectivity index (χ0) is 21.3. The lowest BCUT2D eigenvalue weighted by Gasteiger charge is -2.25. The zero-order valence-corrected chi connectivity index (χ0v) is 19.2. The van der Waals surface area contributed by atoms with Crippen molar-refractivity contribution in [2.24, 2.45) is 9.36 Å². The standard InChI is InChI=1S/C20H24N4O5S.ClH/c1-27-16-12-14-18(13-17(16)28-2)30(3,26)22-20(21-14)24-8-5-7-23(9-10-24)19(25)15-6-4-11-29-15;/h4,6,11-13H,5,7-10H2,1-3H3;1H. The summed E-state index contributed by atoms with van der Waals surface area (Å²) in [7, 11) is 0.374. The summed E-state index contributed by atoms with van der Waals surface area (Å²) >= 11 is 0. The molecule has 2 aromatic rings. The second kappa shape index (κ2) is 9.19. The molecule has 0 N–H and O–H groups in total. The van der Waals surface area contributed by atoms with Crippen LogP contribution >= 0.6 is 12.4 Å². The predicted molar refractivity (Wildman–Crippen MR) is 119 cm³/mol. The summed E-state index contributed by atoms with van der Waals surface area (Å²) in [6.45, 7) is 2.29. The number of halogens is 1. The maximum absolute atomic E-state index is 13.3. The highest BCUT2D eigenvalue weighted by atomic mass is 35.5. The highest BCUT2D eigenvalue weighted by molar-refractivity contribution is 7.93. The molecular weight excluding hydrogens is 444 g/mol. The number of hydrogen-bond donors (Lipinski definition) is 0. The molecule has 3 heterocycles. The van der Waals surface area contributed by atoms with Gasteiger partial charge in [0.05, 0.1) is 40.8 Å². The minimum absolute atomic E-state index is 0. The van der Waals surface area contributed by atoms with Gasteiger partial charge in [-0.2, -0.15) is 4.36 Å². The number of methoxy groups -OCH3 is 2. The summed E-state index contributed by atoms with van der Waals surface area (Å²) in [4.78, 5) is 21.5. The Kier molecular flexibility index (Phi) is 6.80. The van der Waals surface area contributed by atoms with Gasteiger partial charge in [-0.3, -0.25) is 4.79 Å². The average Bonchev–Trinajstić information content (AvgIpc) is 3.16. The summed E-state index contributed by atoms with van der Waals surface area (Å²) in [5.74, 6) is 1.61. The molecule has 11 heteroatoms. The molecule has 2 aliphatic heterocycles. The van der Waals surface area contributed by atoms with E-state index < -0.39 is 9.73 Å². The zero-order valence-electron chi connectivity index (χ0n) is 17.6. The third-order valence-corrected chi connectivity index (χ3v) is 6.80. The van der Waals surface area contributed by atoms with E-state index in [0.717, 1.165) is 6.42 Å². The van der Waals surface area contributed by atoms with Crippen LogP contribution in [0.2, 0.25) is 0 Å². The van der Waals surface area contributed by atoms with Gasteiger partial charge in [-0.1, -0.05) is 0 Å². The smallest absolute Gasteiger partial charge is 0.289 e. The fourth-order valence-corrected chi connectivity index (χ4v) is 4.96. The lowest BCUT2D eigenvalue weighted by atomic mass is 10.2. The number of aliphatic imine (C=N–C) groups is 1. The van der Waals surface area contributed by atoms with E-state index in [9.17, 15) is 9.00 Å². The highest BCUT2D eigenvalue weighted by Gasteiger charge is 2.27. The van der Waals surface area contributed by atoms with Crippen molar-refractivity contribution in [3.63, 3.8) is 0 Å². The topological polar surface area (TPSA) is 96.9 Å². The Labute approximate surface area is 187 Å². The molecule has 4 rings (SSSR count). The Bertz CT molecular complexity index is 1110. The molecule has 0 spiro atoms. The van der Waals surface area contributed by atoms with E-state index in [1.54, 1.807) is 42.5 Å². The summed E-state index contributed by atoms with van der Waals surface area (Å²) < 4.78 is 33.7. The van der Waals surface area contributed by atoms with Gasteiger partial charge in [-0.15, -0.1) is 12.4 Å². The van der Waals surface area contributed by atoms with Gasteiger partial charge in [0.25, 0.3) is 5.91 Å². The van der Waals surface area contributed by atoms with E-state index in [1.807, 2.05) is 4.90 Å². The largest absolute Gasteiger partial charge is 0.493 e. The van der Waals surface area contributed by atoms with Crippen LogP contribution in [0.1, 0.15) is 17.0 Å². The second-order valence-corrected chi connectivity index (χ2v) is 9.32. The van der Waals surface area contributed by atoms with Crippen LogP contribution in [0.5, 0.6) is 11.5 Å². The first kappa shape index (κ1) is 23.0. The van der Waals surface area contributed by atoms with E-state index in [2.05, 4.69) is 9.36 Å². The molecule has 1 saturated heterocycles. The second-order valence-electron chi connectivity index (χ2n) is 7.09. The van der Waals surface area contributed by atoms with Gasteiger partial charge in [0.15, 0.2) is 17.3 Å². The maximum Gasteiger partial charge on any atom is 0.289 e. The van der Waals surface area contributed by atoms with Crippen molar-refractivity contribution in [2.75, 3.05) is 46.7 Å². The van der Waals surface area contributed by atoms with Crippen LogP contribution < -0.4 is 9.47 Å². The number of ether oxygens (including phenoxy) is 2. The van der Waals surface area contributed by atoms with Gasteiger partial charge in [0.2, 0.25) is 5.96 Å². The van der Waals surface area contributed by atoms with Crippen LogP contribution in [0.15, 0.2) is 49.2 Å². The first-order valence-corrected chi connectivity index (χ1v) is 11.5. The van der Waals surface area contributed by atoms with Crippen LogP contribution in [0.4, 0.5) is 5.69 Å². The van der Waals surface area contributed by atoms with Crippen molar-refractivity contribution in [2.45, 2.75) is 11.3 Å². The number of guanidine groups is 1. The van der Waals surface area contributed by atoms with E-state index in [0.29, 0.717) is 60.0 Å². The Morgan fingerprint density at radius 3 is 2.55 bits per heavy atom. The third-order valence-electron chi connectivity index (χ3n) is 5.15. The van der Waals surface area contributed by atoms with Gasteiger partial charge < -0.3 is 23.7 Å². The molecule has 0 radical (unpaired) electrons. The van der Waals surface area contributed by atoms with Crippen molar-refractivity contribution in [1.29, 1.82) is 0 Å². The maximum atomic E-state index is 13.3. The fourth-order valence-electron chi connectivity index (χ4n) is 3.58. The number of nitrogens with zero attached hydrogens (tertiary/aromatic N) is 4. The lowest BCUT2D eigenvalue weighted by Crippen LogP contribution is -2.37. The number of carbonyl (C=O) groups excluding carboxylic acids is 1. The summed E-state index contributed by atoms with van der Waals surface area (Å²) in [6, 6.07) is 6.75. The van der Waals surface area contributed by atoms with Crippen molar-refractivity contribution >= 4 is 39.7 Å². The highest BCUT2D eigenvalue weighted by Crippen LogP contribution is 2.39. The summed E-state index contributed by atoms with van der Waals surface area (Å²) in [5, 5.41) is 0. The Morgan fingerprint density at radius 2 is 1.87 bits per heavy atom. The number of carbonyl (C=O) groups is 1. The first-order chi connectivity index (χ1) is 14.4. The van der Waals surface area contributed by atoms with E-state index >= 15 is 0 Å². The fraction of sp³-hybridized carbons (Fsp3) is 0.400. The van der Waals surface area contributed by atoms with Gasteiger partial charge in [-0.05, 0) is 18.6 Å². The minimum atomic E-state index is -2.70. The molecule has 1 unspecified atom stereocenters. The SMILES string of the molecule is COc1cc2c(cc1OC)S(C)(=O)=NC(N1CCCN(C(=O)c3ccco3)CC1)=N2.Cl. The van der Waals surface area contributed by atoms with Gasteiger partial charge in [0, 0.05) is 44.6 Å². The molecule has 1 amide bonds. The lowest BCUT2D eigenvalue weighted by molar-refractivity contribution is 0.0732. The van der Waals surface area contributed by atoms with Crippen LogP contribution in [0.3, 0.4) is 0 Å². The summed E-state index contributed by atoms with van der Waals surface area (Å²) in [5.41, 5.74) is 0.554. The van der Waals surface area contributed by atoms with Gasteiger partial charge in [-0.25, -0.2) is 9.20 Å². The molecule has 9 nitrogen and oxygen atoms in total. The molecule has 1 atom stereocenters. The molecule has 1 aromatic heterocycles. The van der Waals surface area contributed by atoms with Crippen LogP contribution in [0.25, 0.3) is 0 Å². The number of benzene rings is 1. The molecule has 31 heavy (non-hydrogen) atoms. The van der Waals surface area contributed by atoms with Gasteiger partial charge in [0.1, 0.15) is 0 Å². The van der Waals surface area contributed by atoms with Crippen molar-refractivity contribution in [1.82, 2.24) is 9.80 Å². The molecule has 2 aliphatic rings. The Morgan fingerprint density at radius 1 is 1.13 bits per heavy atom. The van der Waals surface area contributed by atoms with E-state index in [1.165, 1.54) is 13.4 Å². The quantitative estimate of drug-likeness (QED) is 0.686. The first-order valence-electron chi connectivity index (χ1n) is 9.57.